The van der Waals surface area contributed by atoms with Gasteiger partial charge < -0.3 is 11.1 Å². The molecule has 84 valence electrons. The molecule has 15 heavy (non-hydrogen) atoms. The molecule has 3 N–H and O–H groups in total. The summed E-state index contributed by atoms with van der Waals surface area (Å²) in [5.74, 6) is -0.122. The van der Waals surface area contributed by atoms with Gasteiger partial charge in [0.25, 0.3) is 0 Å². The number of aryl methyl sites for hydroxylation is 1. The first-order valence-electron chi connectivity index (χ1n) is 5.00. The van der Waals surface area contributed by atoms with Crippen molar-refractivity contribution in [3.05, 3.63) is 5.01 Å². The Bertz CT molecular complexity index is 326. The topological polar surface area (TPSA) is 80.9 Å². The van der Waals surface area contributed by atoms with E-state index in [1.807, 2.05) is 13.8 Å². The lowest BCUT2D eigenvalue weighted by atomic mass is 10.1. The molecule has 0 aliphatic rings. The highest BCUT2D eigenvalue weighted by Crippen LogP contribution is 2.16. The standard InChI is InChI=1S/C9H16N4OS/c1-3-7-12-13-9(15-7)11-8(14)6(2)4-5-10/h6H,3-5,10H2,1-2H3,(H,11,13,14). The highest BCUT2D eigenvalue weighted by Gasteiger charge is 2.13. The van der Waals surface area contributed by atoms with Gasteiger partial charge in [0.15, 0.2) is 0 Å². The molecule has 0 saturated heterocycles. The predicted molar refractivity (Wildman–Crippen MR) is 60.8 cm³/mol. The number of rotatable bonds is 5. The SMILES string of the molecule is CCc1nnc(NC(=O)C(C)CCN)s1. The smallest absolute Gasteiger partial charge is 0.229 e. The largest absolute Gasteiger partial charge is 0.330 e. The molecule has 0 saturated carbocycles. The summed E-state index contributed by atoms with van der Waals surface area (Å²) in [4.78, 5) is 11.6. The Balaban J connectivity index is 2.50. The first-order valence-corrected chi connectivity index (χ1v) is 5.82. The van der Waals surface area contributed by atoms with Crippen LogP contribution in [0.4, 0.5) is 5.13 Å². The second-order valence-electron chi connectivity index (χ2n) is 3.32. The number of carbonyl (C=O) groups excluding carboxylic acids is 1. The Kier molecular flexibility index (Phi) is 4.64. The van der Waals surface area contributed by atoms with E-state index in [9.17, 15) is 4.79 Å². The Morgan fingerprint density at radius 2 is 2.33 bits per heavy atom. The molecular formula is C9H16N4OS. The van der Waals surface area contributed by atoms with Gasteiger partial charge in [0.2, 0.25) is 11.0 Å². The molecule has 0 aromatic carbocycles. The van der Waals surface area contributed by atoms with Gasteiger partial charge in [-0.1, -0.05) is 25.2 Å². The normalized spacial score (nSPS) is 12.5. The Hall–Kier alpha value is -1.01. The zero-order valence-corrected chi connectivity index (χ0v) is 9.80. The number of hydrogen-bond donors (Lipinski definition) is 2. The number of nitrogens with two attached hydrogens (primary N) is 1. The highest BCUT2D eigenvalue weighted by atomic mass is 32.1. The molecule has 6 heteroatoms. The Morgan fingerprint density at radius 3 is 2.87 bits per heavy atom. The lowest BCUT2D eigenvalue weighted by Crippen LogP contribution is -2.22. The van der Waals surface area contributed by atoms with E-state index < -0.39 is 0 Å². The minimum absolute atomic E-state index is 0.0424. The molecule has 5 nitrogen and oxygen atoms in total. The van der Waals surface area contributed by atoms with Gasteiger partial charge in [-0.15, -0.1) is 10.2 Å². The molecule has 1 unspecified atom stereocenters. The number of nitrogens with zero attached hydrogens (tertiary/aromatic N) is 2. The van der Waals surface area contributed by atoms with Crippen LogP contribution >= 0.6 is 11.3 Å². The van der Waals surface area contributed by atoms with Gasteiger partial charge in [-0.25, -0.2) is 0 Å². The monoisotopic (exact) mass is 228 g/mol. The first kappa shape index (κ1) is 12.1. The molecule has 0 aliphatic carbocycles. The van der Waals surface area contributed by atoms with E-state index in [-0.39, 0.29) is 11.8 Å². The number of anilines is 1. The van der Waals surface area contributed by atoms with Gasteiger partial charge in [-0.2, -0.15) is 0 Å². The van der Waals surface area contributed by atoms with Crippen LogP contribution in [0.3, 0.4) is 0 Å². The van der Waals surface area contributed by atoms with Crippen molar-refractivity contribution in [1.29, 1.82) is 0 Å². The number of carbonyl (C=O) groups is 1. The molecule has 0 radical (unpaired) electrons. The van der Waals surface area contributed by atoms with Gasteiger partial charge in [0.05, 0.1) is 0 Å². The zero-order chi connectivity index (χ0) is 11.3. The number of hydrogen-bond acceptors (Lipinski definition) is 5. The van der Waals surface area contributed by atoms with Crippen LogP contribution < -0.4 is 11.1 Å². The quantitative estimate of drug-likeness (QED) is 0.788. The second kappa shape index (κ2) is 5.77. The summed E-state index contributed by atoms with van der Waals surface area (Å²) in [6.07, 6.45) is 1.52. The average Bonchev–Trinajstić information content (AvgIpc) is 2.66. The van der Waals surface area contributed by atoms with E-state index in [0.29, 0.717) is 18.1 Å². The van der Waals surface area contributed by atoms with Crippen LogP contribution in [0.25, 0.3) is 0 Å². The van der Waals surface area contributed by atoms with E-state index in [0.717, 1.165) is 11.4 Å². The maximum atomic E-state index is 11.6. The maximum absolute atomic E-state index is 11.6. The molecule has 1 rings (SSSR count). The maximum Gasteiger partial charge on any atom is 0.229 e. The first-order chi connectivity index (χ1) is 7.17. The summed E-state index contributed by atoms with van der Waals surface area (Å²) >= 11 is 1.41. The fourth-order valence-electron chi connectivity index (χ4n) is 1.06. The molecule has 0 spiro atoms. The fourth-order valence-corrected chi connectivity index (χ4v) is 1.74. The third-order valence-electron chi connectivity index (χ3n) is 2.05. The van der Waals surface area contributed by atoms with Crippen molar-refractivity contribution in [2.45, 2.75) is 26.7 Å². The molecule has 1 aromatic rings. The van der Waals surface area contributed by atoms with Crippen molar-refractivity contribution in [2.75, 3.05) is 11.9 Å². The summed E-state index contributed by atoms with van der Waals surface area (Å²) in [5.41, 5.74) is 5.38. The van der Waals surface area contributed by atoms with Gasteiger partial charge in [-0.3, -0.25) is 4.79 Å². The summed E-state index contributed by atoms with van der Waals surface area (Å²) in [5, 5.41) is 12.0. The van der Waals surface area contributed by atoms with Gasteiger partial charge in [0.1, 0.15) is 5.01 Å². The lowest BCUT2D eigenvalue weighted by Gasteiger charge is -2.07. The predicted octanol–water partition coefficient (Wildman–Crippen LogP) is 1.02. The van der Waals surface area contributed by atoms with Crippen molar-refractivity contribution >= 4 is 22.4 Å². The van der Waals surface area contributed by atoms with E-state index in [1.165, 1.54) is 11.3 Å². The number of nitrogens with one attached hydrogen (secondary N) is 1. The number of amides is 1. The van der Waals surface area contributed by atoms with Crippen LogP contribution in [-0.2, 0) is 11.2 Å². The van der Waals surface area contributed by atoms with Gasteiger partial charge in [-0.05, 0) is 19.4 Å². The van der Waals surface area contributed by atoms with Crippen LogP contribution in [0.2, 0.25) is 0 Å². The third-order valence-corrected chi connectivity index (χ3v) is 3.03. The zero-order valence-electron chi connectivity index (χ0n) is 8.99. The van der Waals surface area contributed by atoms with E-state index in [4.69, 9.17) is 5.73 Å². The molecule has 1 heterocycles. The fraction of sp³-hybridized carbons (Fsp3) is 0.667. The van der Waals surface area contributed by atoms with Gasteiger partial charge in [0, 0.05) is 5.92 Å². The molecule has 1 atom stereocenters. The van der Waals surface area contributed by atoms with Crippen LogP contribution in [-0.4, -0.2) is 22.6 Å². The summed E-state index contributed by atoms with van der Waals surface area (Å²) in [6.45, 7) is 4.37. The van der Waals surface area contributed by atoms with Crippen molar-refractivity contribution in [1.82, 2.24) is 10.2 Å². The second-order valence-corrected chi connectivity index (χ2v) is 4.38. The van der Waals surface area contributed by atoms with Crippen molar-refractivity contribution in [3.63, 3.8) is 0 Å². The minimum Gasteiger partial charge on any atom is -0.330 e. The Labute approximate surface area is 93.1 Å². The van der Waals surface area contributed by atoms with E-state index in [1.54, 1.807) is 0 Å². The average molecular weight is 228 g/mol. The van der Waals surface area contributed by atoms with Crippen molar-refractivity contribution in [3.8, 4) is 0 Å². The van der Waals surface area contributed by atoms with Crippen LogP contribution in [0, 0.1) is 5.92 Å². The summed E-state index contributed by atoms with van der Waals surface area (Å²) in [6, 6.07) is 0. The molecule has 1 aromatic heterocycles. The van der Waals surface area contributed by atoms with E-state index in [2.05, 4.69) is 15.5 Å². The number of aromatic nitrogens is 2. The Morgan fingerprint density at radius 1 is 1.60 bits per heavy atom. The minimum atomic E-state index is -0.0797. The van der Waals surface area contributed by atoms with E-state index >= 15 is 0 Å². The van der Waals surface area contributed by atoms with Crippen LogP contribution in [0.1, 0.15) is 25.3 Å². The van der Waals surface area contributed by atoms with Crippen LogP contribution in [0.5, 0.6) is 0 Å². The lowest BCUT2D eigenvalue weighted by molar-refractivity contribution is -0.119. The third kappa shape index (κ3) is 3.56. The molecule has 0 bridgehead atoms. The molecule has 0 fully saturated rings. The summed E-state index contributed by atoms with van der Waals surface area (Å²) in [7, 11) is 0. The molecule has 1 amide bonds. The molecular weight excluding hydrogens is 212 g/mol. The molecule has 0 aliphatic heterocycles. The van der Waals surface area contributed by atoms with Crippen molar-refractivity contribution in [2.24, 2.45) is 11.7 Å². The highest BCUT2D eigenvalue weighted by molar-refractivity contribution is 7.15. The van der Waals surface area contributed by atoms with Gasteiger partial charge >= 0.3 is 0 Å². The summed E-state index contributed by atoms with van der Waals surface area (Å²) < 4.78 is 0. The van der Waals surface area contributed by atoms with Crippen molar-refractivity contribution < 1.29 is 4.79 Å². The van der Waals surface area contributed by atoms with Crippen LogP contribution in [0.15, 0.2) is 0 Å².